The number of carbonyl (C=O) groups is 1. The van der Waals surface area contributed by atoms with Crippen LogP contribution in [0.15, 0.2) is 0 Å². The van der Waals surface area contributed by atoms with Crippen LogP contribution in [-0.4, -0.2) is 74.0 Å². The Morgan fingerprint density at radius 1 is 1.18 bits per heavy atom. The van der Waals surface area contributed by atoms with Gasteiger partial charge in [-0.3, -0.25) is 9.36 Å². The smallest absolute Gasteiger partial charge is 0.388 e. The fourth-order valence-corrected chi connectivity index (χ4v) is 2.46. The summed E-state index contributed by atoms with van der Waals surface area (Å²) in [4.78, 5) is 28.2. The summed E-state index contributed by atoms with van der Waals surface area (Å²) in [5, 5.41) is 30.1. The van der Waals surface area contributed by atoms with E-state index in [0.29, 0.717) is 0 Å². The fraction of sp³-hybridized carbons (Fsp3) is 0.889. The lowest BCUT2D eigenvalue weighted by Gasteiger charge is -2.41. The predicted molar refractivity (Wildman–Crippen MR) is 62.4 cm³/mol. The Kier molecular flexibility index (Phi) is 5.95. The van der Waals surface area contributed by atoms with Crippen LogP contribution in [0.1, 0.15) is 6.42 Å². The first kappa shape index (κ1) is 19.3. The minimum atomic E-state index is -5.26. The number of amides is 1. The van der Waals surface area contributed by atoms with Crippen LogP contribution < -0.4 is 5.32 Å². The number of aliphatic hydroxyl groups excluding tert-OH is 3. The van der Waals surface area contributed by atoms with E-state index in [9.17, 15) is 37.9 Å². The number of aliphatic hydroxyl groups is 3. The summed E-state index contributed by atoms with van der Waals surface area (Å²) in [6.45, 7) is 0. The fourth-order valence-electron chi connectivity index (χ4n) is 1.87. The largest absolute Gasteiger partial charge is 0.471 e. The SMILES string of the molecule is O=C(N[C@H]1C(O)O[C@H](CCP(=O)(O)O)[C@@H](O)[C@@H]1O)C(F)(F)F. The van der Waals surface area contributed by atoms with Gasteiger partial charge in [0.15, 0.2) is 6.29 Å². The molecule has 1 saturated heterocycles. The normalized spacial score (nSPS) is 33.5. The van der Waals surface area contributed by atoms with Crippen molar-refractivity contribution in [2.75, 3.05) is 6.16 Å². The highest BCUT2D eigenvalue weighted by atomic mass is 31.2. The molecule has 9 nitrogen and oxygen atoms in total. The monoisotopic (exact) mass is 353 g/mol. The van der Waals surface area contributed by atoms with Crippen molar-refractivity contribution in [3.8, 4) is 0 Å². The second-order valence-electron chi connectivity index (χ2n) is 4.72. The van der Waals surface area contributed by atoms with Crippen LogP contribution in [-0.2, 0) is 14.1 Å². The summed E-state index contributed by atoms with van der Waals surface area (Å²) in [7, 11) is -4.43. The van der Waals surface area contributed by atoms with Gasteiger partial charge in [-0.1, -0.05) is 0 Å². The van der Waals surface area contributed by atoms with E-state index in [1.54, 1.807) is 0 Å². The van der Waals surface area contributed by atoms with Crippen LogP contribution in [0, 0.1) is 0 Å². The van der Waals surface area contributed by atoms with Crippen LogP contribution in [0.4, 0.5) is 13.2 Å². The van der Waals surface area contributed by atoms with E-state index in [0.717, 1.165) is 0 Å². The van der Waals surface area contributed by atoms with Gasteiger partial charge in [-0.15, -0.1) is 0 Å². The third kappa shape index (κ3) is 5.16. The van der Waals surface area contributed by atoms with Crippen LogP contribution >= 0.6 is 7.60 Å². The average molecular weight is 353 g/mol. The highest BCUT2D eigenvalue weighted by molar-refractivity contribution is 7.51. The third-order valence-corrected chi connectivity index (χ3v) is 3.82. The molecule has 1 amide bonds. The van der Waals surface area contributed by atoms with Gasteiger partial charge in [0.05, 0.1) is 12.3 Å². The molecule has 1 unspecified atom stereocenters. The zero-order valence-corrected chi connectivity index (χ0v) is 11.7. The number of hydrogen-bond acceptors (Lipinski definition) is 6. The van der Waals surface area contributed by atoms with Crippen molar-refractivity contribution in [1.29, 1.82) is 0 Å². The van der Waals surface area contributed by atoms with Gasteiger partial charge in [-0.2, -0.15) is 13.2 Å². The summed E-state index contributed by atoms with van der Waals surface area (Å²) in [6.07, 6.45) is -13.8. The van der Waals surface area contributed by atoms with E-state index in [-0.39, 0.29) is 0 Å². The van der Waals surface area contributed by atoms with E-state index in [1.165, 1.54) is 5.32 Å². The maximum Gasteiger partial charge on any atom is 0.471 e. The Balaban J connectivity index is 2.72. The van der Waals surface area contributed by atoms with Gasteiger partial charge >= 0.3 is 19.7 Å². The van der Waals surface area contributed by atoms with Crippen molar-refractivity contribution in [2.24, 2.45) is 0 Å². The topological polar surface area (TPSA) is 157 Å². The number of rotatable bonds is 4. The quantitative estimate of drug-likeness (QED) is 0.318. The molecule has 0 aromatic heterocycles. The Morgan fingerprint density at radius 3 is 2.18 bits per heavy atom. The van der Waals surface area contributed by atoms with Crippen LogP contribution in [0.5, 0.6) is 0 Å². The minimum absolute atomic E-state index is 0.459. The zero-order chi connectivity index (χ0) is 17.3. The molecule has 5 atom stereocenters. The highest BCUT2D eigenvalue weighted by Gasteiger charge is 2.48. The molecule has 1 rings (SSSR count). The van der Waals surface area contributed by atoms with Gasteiger partial charge in [0, 0.05) is 0 Å². The van der Waals surface area contributed by atoms with Gasteiger partial charge in [0.1, 0.15) is 18.2 Å². The Bertz CT molecular complexity index is 455. The van der Waals surface area contributed by atoms with Crippen molar-refractivity contribution in [2.45, 2.75) is 43.2 Å². The van der Waals surface area contributed by atoms with Gasteiger partial charge in [-0.25, -0.2) is 0 Å². The molecule has 0 aromatic rings. The summed E-state index contributed by atoms with van der Waals surface area (Å²) in [6, 6.07) is -1.95. The molecule has 0 bridgehead atoms. The molecule has 6 N–H and O–H groups in total. The minimum Gasteiger partial charge on any atom is -0.388 e. The number of alkyl halides is 3. The third-order valence-electron chi connectivity index (χ3n) is 2.98. The molecule has 0 saturated carbocycles. The highest BCUT2D eigenvalue weighted by Crippen LogP contribution is 2.37. The van der Waals surface area contributed by atoms with E-state index < -0.39 is 62.9 Å². The van der Waals surface area contributed by atoms with Crippen molar-refractivity contribution in [3.63, 3.8) is 0 Å². The van der Waals surface area contributed by atoms with E-state index in [2.05, 4.69) is 0 Å². The summed E-state index contributed by atoms with van der Waals surface area (Å²) in [5.41, 5.74) is 0. The molecule has 1 aliphatic rings. The van der Waals surface area contributed by atoms with E-state index in [4.69, 9.17) is 14.5 Å². The first-order valence-corrected chi connectivity index (χ1v) is 7.74. The average Bonchev–Trinajstić information content (AvgIpc) is 2.34. The predicted octanol–water partition coefficient (Wildman–Crippen LogP) is -1.96. The maximum absolute atomic E-state index is 12.1. The van der Waals surface area contributed by atoms with E-state index >= 15 is 0 Å². The first-order chi connectivity index (χ1) is 9.83. The molecule has 1 fully saturated rings. The first-order valence-electron chi connectivity index (χ1n) is 5.95. The maximum atomic E-state index is 12.1. The molecule has 0 aromatic carbocycles. The molecule has 1 heterocycles. The van der Waals surface area contributed by atoms with Gasteiger partial charge < -0.3 is 35.2 Å². The van der Waals surface area contributed by atoms with Crippen molar-refractivity contribution in [1.82, 2.24) is 5.32 Å². The van der Waals surface area contributed by atoms with Gasteiger partial charge in [0.25, 0.3) is 0 Å². The number of carbonyl (C=O) groups excluding carboxylic acids is 1. The van der Waals surface area contributed by atoms with Crippen molar-refractivity contribution >= 4 is 13.5 Å². The molecule has 13 heteroatoms. The molecular weight excluding hydrogens is 338 g/mol. The molecule has 0 aliphatic carbocycles. The summed E-state index contributed by atoms with van der Waals surface area (Å²) in [5.74, 6) is -2.44. The number of ether oxygens (including phenoxy) is 1. The summed E-state index contributed by atoms with van der Waals surface area (Å²) >= 11 is 0. The second-order valence-corrected chi connectivity index (χ2v) is 6.50. The van der Waals surface area contributed by atoms with Crippen molar-refractivity contribution < 1.29 is 52.4 Å². The lowest BCUT2D eigenvalue weighted by atomic mass is 9.95. The van der Waals surface area contributed by atoms with Gasteiger partial charge in [-0.05, 0) is 6.42 Å². The van der Waals surface area contributed by atoms with Crippen molar-refractivity contribution in [3.05, 3.63) is 0 Å². The zero-order valence-electron chi connectivity index (χ0n) is 10.8. The summed E-state index contributed by atoms with van der Waals surface area (Å²) < 4.78 is 51.8. The van der Waals surface area contributed by atoms with Gasteiger partial charge in [0.2, 0.25) is 0 Å². The van der Waals surface area contributed by atoms with Crippen LogP contribution in [0.3, 0.4) is 0 Å². The van der Waals surface area contributed by atoms with Crippen LogP contribution in [0.25, 0.3) is 0 Å². The molecule has 0 spiro atoms. The van der Waals surface area contributed by atoms with E-state index in [1.807, 2.05) is 0 Å². The number of nitrogens with one attached hydrogen (secondary N) is 1. The standard InChI is InChI=1S/C9H15F3NO8P/c10-9(11,12)8(17)13-4-6(15)5(14)3(21-7(4)16)1-2-22(18,19)20/h3-7,14-16H,1-2H2,(H,13,17)(H2,18,19,20)/t3-,4-,5-,6-,7?/m1/s1. The molecule has 130 valence electrons. The lowest BCUT2D eigenvalue weighted by Crippen LogP contribution is -2.64. The van der Waals surface area contributed by atoms with Crippen LogP contribution in [0.2, 0.25) is 0 Å². The Hall–Kier alpha value is -0.750. The number of hydrogen-bond donors (Lipinski definition) is 6. The molecule has 0 radical (unpaired) electrons. The molecular formula is C9H15F3NO8P. The number of halogens is 3. The Morgan fingerprint density at radius 2 is 1.73 bits per heavy atom. The lowest BCUT2D eigenvalue weighted by molar-refractivity contribution is -0.250. The second kappa shape index (κ2) is 6.79. The molecule has 1 aliphatic heterocycles. The molecule has 22 heavy (non-hydrogen) atoms. The Labute approximate surface area is 121 Å².